The number of anilines is 1. The fourth-order valence-corrected chi connectivity index (χ4v) is 1.41. The molecule has 0 saturated carbocycles. The number of carbonyl (C=O) groups is 1. The van der Waals surface area contributed by atoms with E-state index >= 15 is 0 Å². The van der Waals surface area contributed by atoms with E-state index in [0.29, 0.717) is 30.2 Å². The molecule has 0 bridgehead atoms. The largest absolute Gasteiger partial charge is 0.491 e. The molecule has 0 spiro atoms. The topological polar surface area (TPSA) is 61.5 Å². The van der Waals surface area contributed by atoms with Gasteiger partial charge in [0.25, 0.3) is 0 Å². The summed E-state index contributed by atoms with van der Waals surface area (Å²) in [5, 5.41) is 0. The Labute approximate surface area is 102 Å². The Morgan fingerprint density at radius 2 is 2.12 bits per heavy atom. The zero-order chi connectivity index (χ0) is 12.7. The van der Waals surface area contributed by atoms with E-state index in [0.717, 1.165) is 12.8 Å². The lowest BCUT2D eigenvalue weighted by Gasteiger charge is -2.11. The minimum atomic E-state index is -0.380. The number of rotatable bonds is 6. The SMILES string of the molecule is CCCCOC(=O)c1cccc(N)c1OCC. The molecule has 0 fully saturated rings. The molecule has 0 saturated heterocycles. The van der Waals surface area contributed by atoms with Crippen LogP contribution in [0.15, 0.2) is 18.2 Å². The highest BCUT2D eigenvalue weighted by Gasteiger charge is 2.15. The molecular weight excluding hydrogens is 218 g/mol. The highest BCUT2D eigenvalue weighted by Crippen LogP contribution is 2.27. The van der Waals surface area contributed by atoms with Gasteiger partial charge in [-0.15, -0.1) is 0 Å². The van der Waals surface area contributed by atoms with Gasteiger partial charge in [0.05, 0.1) is 18.9 Å². The predicted octanol–water partition coefficient (Wildman–Crippen LogP) is 2.62. The van der Waals surface area contributed by atoms with E-state index in [1.807, 2.05) is 13.8 Å². The third-order valence-corrected chi connectivity index (χ3v) is 2.29. The summed E-state index contributed by atoms with van der Waals surface area (Å²) in [5.74, 6) is 0.0331. The predicted molar refractivity (Wildman–Crippen MR) is 67.2 cm³/mol. The maximum Gasteiger partial charge on any atom is 0.342 e. The molecule has 1 aromatic rings. The third-order valence-electron chi connectivity index (χ3n) is 2.29. The summed E-state index contributed by atoms with van der Waals surface area (Å²) in [6.07, 6.45) is 1.85. The Hall–Kier alpha value is -1.71. The van der Waals surface area contributed by atoms with Gasteiger partial charge in [-0.2, -0.15) is 0 Å². The molecule has 0 amide bonds. The summed E-state index contributed by atoms with van der Waals surface area (Å²) in [4.78, 5) is 11.8. The molecule has 0 heterocycles. The number of nitrogens with two attached hydrogens (primary N) is 1. The standard InChI is InChI=1S/C13H19NO3/c1-3-5-9-17-13(15)10-7-6-8-11(14)12(10)16-4-2/h6-8H,3-5,9,14H2,1-2H3. The zero-order valence-corrected chi connectivity index (χ0v) is 10.4. The van der Waals surface area contributed by atoms with Gasteiger partial charge in [-0.05, 0) is 25.5 Å². The quantitative estimate of drug-likeness (QED) is 0.469. The Kier molecular flexibility index (Phi) is 5.33. The molecule has 0 unspecified atom stereocenters. The average molecular weight is 237 g/mol. The summed E-state index contributed by atoms with van der Waals surface area (Å²) in [5.41, 5.74) is 6.61. The van der Waals surface area contributed by atoms with Crippen LogP contribution in [-0.4, -0.2) is 19.2 Å². The van der Waals surface area contributed by atoms with E-state index in [4.69, 9.17) is 15.2 Å². The first kappa shape index (κ1) is 13.4. The number of benzene rings is 1. The van der Waals surface area contributed by atoms with Crippen molar-refractivity contribution in [3.63, 3.8) is 0 Å². The van der Waals surface area contributed by atoms with Gasteiger partial charge in [-0.3, -0.25) is 0 Å². The van der Waals surface area contributed by atoms with E-state index in [1.165, 1.54) is 0 Å². The van der Waals surface area contributed by atoms with Crippen LogP contribution in [0.25, 0.3) is 0 Å². The normalized spacial score (nSPS) is 10.0. The molecule has 0 aliphatic heterocycles. The molecule has 1 rings (SSSR count). The number of ether oxygens (including phenoxy) is 2. The van der Waals surface area contributed by atoms with Crippen molar-refractivity contribution in [1.82, 2.24) is 0 Å². The lowest BCUT2D eigenvalue weighted by atomic mass is 10.1. The van der Waals surface area contributed by atoms with Crippen LogP contribution in [0.4, 0.5) is 5.69 Å². The average Bonchev–Trinajstić information content (AvgIpc) is 2.32. The molecule has 4 nitrogen and oxygen atoms in total. The highest BCUT2D eigenvalue weighted by molar-refractivity contribution is 5.94. The second-order valence-corrected chi connectivity index (χ2v) is 3.65. The summed E-state index contributed by atoms with van der Waals surface area (Å²) < 4.78 is 10.5. The minimum Gasteiger partial charge on any atom is -0.491 e. The summed E-state index contributed by atoms with van der Waals surface area (Å²) in [7, 11) is 0. The zero-order valence-electron chi connectivity index (χ0n) is 10.4. The Balaban J connectivity index is 2.81. The van der Waals surface area contributed by atoms with Crippen molar-refractivity contribution in [1.29, 1.82) is 0 Å². The second-order valence-electron chi connectivity index (χ2n) is 3.65. The number of unbranched alkanes of at least 4 members (excludes halogenated alkanes) is 1. The first-order valence-electron chi connectivity index (χ1n) is 5.89. The van der Waals surface area contributed by atoms with Crippen LogP contribution in [0, 0.1) is 0 Å². The lowest BCUT2D eigenvalue weighted by molar-refractivity contribution is 0.0495. The van der Waals surface area contributed by atoms with Gasteiger partial charge in [0.15, 0.2) is 5.75 Å². The van der Waals surface area contributed by atoms with E-state index in [-0.39, 0.29) is 5.97 Å². The molecule has 0 aromatic heterocycles. The lowest BCUT2D eigenvalue weighted by Crippen LogP contribution is -2.10. The summed E-state index contributed by atoms with van der Waals surface area (Å²) in [6.45, 7) is 4.78. The molecule has 1 aromatic carbocycles. The summed E-state index contributed by atoms with van der Waals surface area (Å²) in [6, 6.07) is 5.08. The van der Waals surface area contributed by atoms with Crippen LogP contribution in [-0.2, 0) is 4.74 Å². The number of hydrogen-bond donors (Lipinski definition) is 1. The van der Waals surface area contributed by atoms with E-state index in [2.05, 4.69) is 0 Å². The molecule has 17 heavy (non-hydrogen) atoms. The fraction of sp³-hybridized carbons (Fsp3) is 0.462. The van der Waals surface area contributed by atoms with Crippen molar-refractivity contribution < 1.29 is 14.3 Å². The van der Waals surface area contributed by atoms with E-state index in [1.54, 1.807) is 18.2 Å². The van der Waals surface area contributed by atoms with Crippen molar-refractivity contribution in [2.24, 2.45) is 0 Å². The number of para-hydroxylation sites is 1. The Morgan fingerprint density at radius 3 is 2.76 bits per heavy atom. The molecule has 0 aliphatic carbocycles. The fourth-order valence-electron chi connectivity index (χ4n) is 1.41. The van der Waals surface area contributed by atoms with Crippen molar-refractivity contribution in [3.05, 3.63) is 23.8 Å². The molecule has 4 heteroatoms. The maximum atomic E-state index is 11.8. The molecule has 94 valence electrons. The number of nitrogen functional groups attached to an aromatic ring is 1. The number of esters is 1. The van der Waals surface area contributed by atoms with Gasteiger partial charge in [0, 0.05) is 0 Å². The van der Waals surface area contributed by atoms with Gasteiger partial charge in [-0.1, -0.05) is 19.4 Å². The molecule has 0 atom stereocenters. The van der Waals surface area contributed by atoms with Crippen molar-refractivity contribution in [3.8, 4) is 5.75 Å². The van der Waals surface area contributed by atoms with Crippen LogP contribution in [0.1, 0.15) is 37.0 Å². The number of hydrogen-bond acceptors (Lipinski definition) is 4. The van der Waals surface area contributed by atoms with Gasteiger partial charge in [0.2, 0.25) is 0 Å². The van der Waals surface area contributed by atoms with E-state index in [9.17, 15) is 4.79 Å². The summed E-state index contributed by atoms with van der Waals surface area (Å²) >= 11 is 0. The van der Waals surface area contributed by atoms with E-state index < -0.39 is 0 Å². The van der Waals surface area contributed by atoms with Gasteiger partial charge in [-0.25, -0.2) is 4.79 Å². The van der Waals surface area contributed by atoms with Crippen LogP contribution < -0.4 is 10.5 Å². The molecular formula is C13H19NO3. The Bertz CT molecular complexity index is 377. The van der Waals surface area contributed by atoms with Crippen LogP contribution in [0.3, 0.4) is 0 Å². The first-order valence-corrected chi connectivity index (χ1v) is 5.89. The molecule has 2 N–H and O–H groups in total. The van der Waals surface area contributed by atoms with Crippen LogP contribution in [0.5, 0.6) is 5.75 Å². The first-order chi connectivity index (χ1) is 8.20. The second kappa shape index (κ2) is 6.78. The molecule has 0 aliphatic rings. The third kappa shape index (κ3) is 3.66. The smallest absolute Gasteiger partial charge is 0.342 e. The van der Waals surface area contributed by atoms with Gasteiger partial charge < -0.3 is 15.2 Å². The molecule has 0 radical (unpaired) electrons. The van der Waals surface area contributed by atoms with Crippen molar-refractivity contribution in [2.45, 2.75) is 26.7 Å². The minimum absolute atomic E-state index is 0.380. The maximum absolute atomic E-state index is 11.8. The van der Waals surface area contributed by atoms with Crippen molar-refractivity contribution >= 4 is 11.7 Å². The van der Waals surface area contributed by atoms with Crippen molar-refractivity contribution in [2.75, 3.05) is 18.9 Å². The van der Waals surface area contributed by atoms with Gasteiger partial charge in [0.1, 0.15) is 5.56 Å². The van der Waals surface area contributed by atoms with Crippen LogP contribution in [0.2, 0.25) is 0 Å². The van der Waals surface area contributed by atoms with Gasteiger partial charge >= 0.3 is 5.97 Å². The Morgan fingerprint density at radius 1 is 1.35 bits per heavy atom. The van der Waals surface area contributed by atoms with Crippen LogP contribution >= 0.6 is 0 Å². The highest BCUT2D eigenvalue weighted by atomic mass is 16.5. The number of carbonyl (C=O) groups excluding carboxylic acids is 1. The monoisotopic (exact) mass is 237 g/mol.